The fraction of sp³-hybridized carbons (Fsp3) is 0.0690. The highest BCUT2D eigenvalue weighted by Gasteiger charge is 2.37. The molecule has 0 bridgehead atoms. The van der Waals surface area contributed by atoms with E-state index < -0.39 is 15.6 Å². The van der Waals surface area contributed by atoms with Gasteiger partial charge in [-0.2, -0.15) is 13.2 Å². The molecule has 0 spiro atoms. The van der Waals surface area contributed by atoms with Crippen molar-refractivity contribution in [1.82, 2.24) is 0 Å². The first kappa shape index (κ1) is 55.1. The zero-order chi connectivity index (χ0) is 47.3. The molecular weight excluding hydrogens is 946 g/mol. The van der Waals surface area contributed by atoms with Crippen molar-refractivity contribution in [3.8, 4) is 5.75 Å². The molecule has 0 saturated carbocycles. The van der Waals surface area contributed by atoms with E-state index in [9.17, 15) is 13.2 Å². The number of alkyl halides is 3. The van der Waals surface area contributed by atoms with E-state index in [0.29, 0.717) is 0 Å². The third-order valence-corrected chi connectivity index (χ3v) is 16.7. The first-order valence-corrected chi connectivity index (χ1v) is 25.9. The molecule has 9 aromatic rings. The second kappa shape index (κ2) is 28.1. The Morgan fingerprint density at radius 1 is 0.333 bits per heavy atom. The van der Waals surface area contributed by atoms with Gasteiger partial charge in [0.1, 0.15) is 5.75 Å². The van der Waals surface area contributed by atoms with Gasteiger partial charge in [0.05, 0.1) is 39.8 Å². The van der Waals surface area contributed by atoms with E-state index in [0.717, 1.165) is 5.75 Å². The summed E-state index contributed by atoms with van der Waals surface area (Å²) in [7, 11) is -4.50. The Labute approximate surface area is 415 Å². The Morgan fingerprint density at radius 2 is 0.478 bits per heavy atom. The molecular formula is C58H55F3O4S4+2. The summed E-state index contributed by atoms with van der Waals surface area (Å²) in [6.45, 7) is 0. The molecule has 0 aromatic heterocycles. The Bertz CT molecular complexity index is 2520. The highest BCUT2D eigenvalue weighted by atomic mass is 32.2. The monoisotopic (exact) mass is 1000 g/mol. The van der Waals surface area contributed by atoms with E-state index in [1.54, 1.807) is 7.11 Å². The van der Waals surface area contributed by atoms with Crippen molar-refractivity contribution in [2.24, 2.45) is 0 Å². The number of hydrogen-bond donors (Lipinski definition) is 0. The molecule has 0 aliphatic rings. The van der Waals surface area contributed by atoms with Crippen molar-refractivity contribution in [3.63, 3.8) is 0 Å². The molecule has 0 amide bonds. The molecule has 9 rings (SSSR count). The Morgan fingerprint density at radius 3 is 0.609 bits per heavy atom. The van der Waals surface area contributed by atoms with Gasteiger partial charge >= 0.3 is 5.51 Å². The van der Waals surface area contributed by atoms with Gasteiger partial charge < -0.3 is 9.29 Å². The van der Waals surface area contributed by atoms with Crippen LogP contribution in [0.2, 0.25) is 0 Å². The van der Waals surface area contributed by atoms with E-state index in [1.807, 2.05) is 12.1 Å². The third-order valence-electron chi connectivity index (χ3n) is 9.41. The van der Waals surface area contributed by atoms with Gasteiger partial charge in [0.25, 0.3) is 0 Å². The van der Waals surface area contributed by atoms with Gasteiger partial charge in [-0.3, -0.25) is 0 Å². The van der Waals surface area contributed by atoms with Gasteiger partial charge in [-0.25, -0.2) is 8.42 Å². The normalized spacial score (nSPS) is 10.7. The number of benzene rings is 9. The number of hydrogen-bond acceptors (Lipinski definition) is 4. The molecule has 0 fully saturated rings. The topological polar surface area (TPSA) is 66.4 Å². The average Bonchev–Trinajstić information content (AvgIpc) is 3.37. The minimum absolute atomic E-state index is 0. The molecule has 0 aliphatic carbocycles. The fourth-order valence-electron chi connectivity index (χ4n) is 6.39. The van der Waals surface area contributed by atoms with Crippen molar-refractivity contribution in [2.75, 3.05) is 7.11 Å². The highest BCUT2D eigenvalue weighted by Crippen LogP contribution is 2.33. The van der Waals surface area contributed by atoms with Crippen LogP contribution in [0.5, 0.6) is 5.75 Å². The van der Waals surface area contributed by atoms with E-state index in [4.69, 9.17) is 17.7 Å². The third kappa shape index (κ3) is 16.6. The number of ether oxygens (including phenoxy) is 1. The SMILES string of the molecule is C.C.COc1ccc([S+](c2ccccc2)c2ccccc2)cc1.O=S(=O)([O-])C(F)(F)F.c1ccc([S+](c2ccccc2)c2ccccc2)cc1.c1ccc([S+](c2ccccc2)c2ccccc2)cc1. The average molecular weight is 1000 g/mol. The summed E-state index contributed by atoms with van der Waals surface area (Å²) in [5.74, 6) is 0.892. The lowest BCUT2D eigenvalue weighted by molar-refractivity contribution is -0.0517. The summed E-state index contributed by atoms with van der Waals surface area (Å²) < 4.78 is 64.2. The number of rotatable bonds is 10. The summed E-state index contributed by atoms with van der Waals surface area (Å²) in [5.41, 5.74) is -5.65. The quantitative estimate of drug-likeness (QED) is 0.0778. The predicted molar refractivity (Wildman–Crippen MR) is 280 cm³/mol. The maximum Gasteiger partial charge on any atom is 0.485 e. The van der Waals surface area contributed by atoms with Crippen molar-refractivity contribution in [2.45, 2.75) is 64.4 Å². The molecule has 0 N–H and O–H groups in total. The van der Waals surface area contributed by atoms with Crippen LogP contribution in [0.15, 0.2) is 311 Å². The van der Waals surface area contributed by atoms with Crippen LogP contribution in [0.1, 0.15) is 14.9 Å². The van der Waals surface area contributed by atoms with Gasteiger partial charge in [0.2, 0.25) is 0 Å². The summed E-state index contributed by atoms with van der Waals surface area (Å²) in [6.07, 6.45) is 0. The van der Waals surface area contributed by atoms with Crippen LogP contribution < -0.4 is 4.74 Å². The molecule has 0 saturated heterocycles. The first-order chi connectivity index (χ1) is 32.5. The van der Waals surface area contributed by atoms with E-state index in [2.05, 4.69) is 255 Å². The minimum atomic E-state index is -6.09. The molecule has 0 heterocycles. The van der Waals surface area contributed by atoms with Crippen molar-refractivity contribution in [3.05, 3.63) is 267 Å². The largest absolute Gasteiger partial charge is 0.741 e. The van der Waals surface area contributed by atoms with E-state index in [-0.39, 0.29) is 47.5 Å². The fourth-order valence-corrected chi connectivity index (χ4v) is 12.7. The Kier molecular flexibility index (Phi) is 22.5. The van der Waals surface area contributed by atoms with Crippen LogP contribution in [0.4, 0.5) is 13.2 Å². The Hall–Kier alpha value is -6.47. The lowest BCUT2D eigenvalue weighted by Crippen LogP contribution is -2.21. The molecule has 0 atom stereocenters. The van der Waals surface area contributed by atoms with Gasteiger partial charge in [-0.05, 0) is 121 Å². The number of methoxy groups -OCH3 is 1. The molecule has 0 aliphatic heterocycles. The molecule has 0 radical (unpaired) electrons. The maximum absolute atomic E-state index is 10.7. The van der Waals surface area contributed by atoms with E-state index >= 15 is 0 Å². The lowest BCUT2D eigenvalue weighted by Gasteiger charge is -2.08. The zero-order valence-electron chi connectivity index (χ0n) is 36.3. The zero-order valence-corrected chi connectivity index (χ0v) is 39.6. The van der Waals surface area contributed by atoms with Crippen LogP contribution >= 0.6 is 0 Å². The summed E-state index contributed by atoms with van der Waals surface area (Å²) in [6, 6.07) is 94.0. The minimum Gasteiger partial charge on any atom is -0.741 e. The van der Waals surface area contributed by atoms with Crippen LogP contribution in [0.25, 0.3) is 0 Å². The van der Waals surface area contributed by atoms with Crippen molar-refractivity contribution in [1.29, 1.82) is 0 Å². The smallest absolute Gasteiger partial charge is 0.485 e. The highest BCUT2D eigenvalue weighted by molar-refractivity contribution is 7.97. The maximum atomic E-state index is 10.7. The van der Waals surface area contributed by atoms with Crippen LogP contribution in [0.3, 0.4) is 0 Å². The molecule has 0 unspecified atom stereocenters. The van der Waals surface area contributed by atoms with Crippen LogP contribution in [-0.4, -0.2) is 25.6 Å². The molecule has 4 nitrogen and oxygen atoms in total. The predicted octanol–water partition coefficient (Wildman–Crippen LogP) is 15.7. The van der Waals surface area contributed by atoms with Gasteiger partial charge in [0, 0.05) is 0 Å². The van der Waals surface area contributed by atoms with Crippen LogP contribution in [0, 0.1) is 0 Å². The van der Waals surface area contributed by atoms with E-state index in [1.165, 1.54) is 44.1 Å². The van der Waals surface area contributed by atoms with Crippen LogP contribution in [-0.2, 0) is 42.8 Å². The summed E-state index contributed by atoms with van der Waals surface area (Å²) >= 11 is 0. The summed E-state index contributed by atoms with van der Waals surface area (Å²) in [4.78, 5) is 12.1. The second-order valence-corrected chi connectivity index (χ2v) is 21.4. The van der Waals surface area contributed by atoms with Crippen molar-refractivity contribution < 1.29 is 30.9 Å². The van der Waals surface area contributed by atoms with Gasteiger partial charge in [-0.1, -0.05) is 160 Å². The molecule has 69 heavy (non-hydrogen) atoms. The molecule has 11 heteroatoms. The second-order valence-electron chi connectivity index (χ2n) is 14.0. The molecule has 354 valence electrons. The number of halogens is 3. The van der Waals surface area contributed by atoms with Gasteiger partial charge in [-0.15, -0.1) is 0 Å². The standard InChI is InChI=1S/C19H17OS.2C18H15S.CHF3O3S.2CH4/c1-20-16-12-14-19(15-13-16)21(17-8-4-2-5-9-17)18-10-6-3-7-11-18;2*1-4-10-16(11-5-1)19(17-12-6-2-7-13-17)18-14-8-3-9-15-18;2-1(3,4)8(5,6)7;;/h2-15H,1H3;2*1-15H;(H,5,6,7);2*1H4/q3*+1;;;/p-1. The lowest BCUT2D eigenvalue weighted by atomic mass is 10.3. The summed E-state index contributed by atoms with van der Waals surface area (Å²) in [5, 5.41) is 0. The molecule has 9 aromatic carbocycles. The van der Waals surface area contributed by atoms with Gasteiger partial charge in [0.15, 0.2) is 54.2 Å². The first-order valence-electron chi connectivity index (χ1n) is 20.8. The Balaban J connectivity index is 0.000000206. The van der Waals surface area contributed by atoms with Crippen molar-refractivity contribution >= 4 is 42.8 Å².